The van der Waals surface area contributed by atoms with Gasteiger partial charge >= 0.3 is 12.1 Å². The zero-order chi connectivity index (χ0) is 31.8. The Morgan fingerprint density at radius 2 is 1.43 bits per heavy atom. The summed E-state index contributed by atoms with van der Waals surface area (Å²) >= 11 is 0. The van der Waals surface area contributed by atoms with Crippen molar-refractivity contribution in [1.29, 1.82) is 0 Å². The number of aliphatic hydroxyl groups excluding tert-OH is 1. The number of nitrogens with one attached hydrogen (secondary N) is 2. The Labute approximate surface area is 248 Å². The van der Waals surface area contributed by atoms with Gasteiger partial charge in [0.2, 0.25) is 11.8 Å². The van der Waals surface area contributed by atoms with Crippen LogP contribution in [0.15, 0.2) is 48.5 Å². The maximum Gasteiger partial charge on any atom is 0.408 e. The van der Waals surface area contributed by atoms with E-state index in [2.05, 4.69) is 10.6 Å². The fraction of sp³-hybridized carbons (Fsp3) is 0.500. The summed E-state index contributed by atoms with van der Waals surface area (Å²) < 4.78 is 10.9. The number of esters is 1. The number of rotatable bonds is 10. The largest absolute Gasteiger partial charge is 0.458 e. The molecule has 0 aliphatic heterocycles. The lowest BCUT2D eigenvalue weighted by molar-refractivity contribution is -0.159. The van der Waals surface area contributed by atoms with Gasteiger partial charge in [-0.3, -0.25) is 9.59 Å². The summed E-state index contributed by atoms with van der Waals surface area (Å²) in [6.07, 6.45) is -0.720. The van der Waals surface area contributed by atoms with Crippen LogP contribution in [0.4, 0.5) is 4.79 Å². The van der Waals surface area contributed by atoms with Crippen molar-refractivity contribution in [3.8, 4) is 0 Å². The van der Waals surface area contributed by atoms with Crippen LogP contribution in [0.2, 0.25) is 0 Å². The first-order chi connectivity index (χ1) is 19.4. The molecule has 42 heavy (non-hydrogen) atoms. The molecular weight excluding hydrogens is 538 g/mol. The number of hydrogen-bond acceptors (Lipinski definition) is 7. The fourth-order valence-corrected chi connectivity index (χ4v) is 4.27. The summed E-state index contributed by atoms with van der Waals surface area (Å²) in [5.74, 6) is -1.96. The molecule has 3 amide bonds. The van der Waals surface area contributed by atoms with E-state index in [0.29, 0.717) is 5.56 Å². The fourth-order valence-electron chi connectivity index (χ4n) is 4.27. The minimum Gasteiger partial charge on any atom is -0.458 e. The average Bonchev–Trinajstić information content (AvgIpc) is 2.87. The Hall–Kier alpha value is -3.92. The standard InChI is InChI=1S/C32H45N3O7/c1-20-14-13-17-23(21(20)2)26(35(9)28(38)25(19-36)34-30(40)42-32(6,7)8)27(37)33-24(29(39)41-31(3,4)5)18-22-15-11-10-12-16-22/h10-17,24-26,36H,18-19H2,1-9H3,(H,33,37)(H,34,40). The van der Waals surface area contributed by atoms with E-state index in [1.165, 1.54) is 7.05 Å². The number of benzene rings is 2. The Morgan fingerprint density at radius 3 is 1.98 bits per heavy atom. The molecule has 230 valence electrons. The first-order valence-corrected chi connectivity index (χ1v) is 13.9. The van der Waals surface area contributed by atoms with Gasteiger partial charge in [-0.2, -0.15) is 0 Å². The van der Waals surface area contributed by atoms with E-state index in [-0.39, 0.29) is 6.42 Å². The zero-order valence-electron chi connectivity index (χ0n) is 26.1. The first-order valence-electron chi connectivity index (χ1n) is 13.9. The second kappa shape index (κ2) is 14.3. The number of aliphatic hydroxyl groups is 1. The normalized spacial score (nSPS) is 13.8. The van der Waals surface area contributed by atoms with Crippen LogP contribution in [-0.2, 0) is 30.3 Å². The number of likely N-dealkylation sites (N-methyl/N-ethyl adjacent to an activating group) is 1. The molecule has 0 heterocycles. The first kappa shape index (κ1) is 34.3. The molecule has 0 bridgehead atoms. The second-order valence-electron chi connectivity index (χ2n) is 12.3. The van der Waals surface area contributed by atoms with Gasteiger partial charge in [0.05, 0.1) is 6.61 Å². The number of aryl methyl sites for hydroxylation is 1. The van der Waals surface area contributed by atoms with Crippen molar-refractivity contribution >= 4 is 23.9 Å². The smallest absolute Gasteiger partial charge is 0.408 e. The minimum absolute atomic E-state index is 0.165. The van der Waals surface area contributed by atoms with E-state index in [4.69, 9.17) is 9.47 Å². The lowest BCUT2D eigenvalue weighted by Gasteiger charge is -2.33. The van der Waals surface area contributed by atoms with Crippen LogP contribution in [0, 0.1) is 13.8 Å². The third kappa shape index (κ3) is 10.2. The summed E-state index contributed by atoms with van der Waals surface area (Å²) in [5, 5.41) is 15.2. The van der Waals surface area contributed by atoms with Crippen molar-refractivity contribution in [1.82, 2.24) is 15.5 Å². The van der Waals surface area contributed by atoms with E-state index in [1.54, 1.807) is 53.7 Å². The predicted octanol–water partition coefficient (Wildman–Crippen LogP) is 3.76. The van der Waals surface area contributed by atoms with Crippen LogP contribution in [0.25, 0.3) is 0 Å². The van der Waals surface area contributed by atoms with E-state index < -0.39 is 59.8 Å². The quantitative estimate of drug-likeness (QED) is 0.363. The molecule has 3 N–H and O–H groups in total. The zero-order valence-corrected chi connectivity index (χ0v) is 26.1. The number of amides is 3. The molecule has 0 radical (unpaired) electrons. The monoisotopic (exact) mass is 583 g/mol. The van der Waals surface area contributed by atoms with E-state index >= 15 is 0 Å². The number of carbonyl (C=O) groups excluding carboxylic acids is 4. The number of ether oxygens (including phenoxy) is 2. The third-order valence-corrected chi connectivity index (χ3v) is 6.39. The molecular formula is C32H45N3O7. The van der Waals surface area contributed by atoms with Crippen molar-refractivity contribution in [3.63, 3.8) is 0 Å². The van der Waals surface area contributed by atoms with Gasteiger partial charge in [0, 0.05) is 13.5 Å². The average molecular weight is 584 g/mol. The van der Waals surface area contributed by atoms with Crippen LogP contribution >= 0.6 is 0 Å². The van der Waals surface area contributed by atoms with Crippen LogP contribution in [0.1, 0.15) is 69.8 Å². The highest BCUT2D eigenvalue weighted by atomic mass is 16.6. The van der Waals surface area contributed by atoms with Gasteiger partial charge in [-0.1, -0.05) is 48.5 Å². The summed E-state index contributed by atoms with van der Waals surface area (Å²) in [6.45, 7) is 13.2. The van der Waals surface area contributed by atoms with Gasteiger partial charge in [-0.25, -0.2) is 9.59 Å². The van der Waals surface area contributed by atoms with Crippen molar-refractivity contribution < 1.29 is 33.8 Å². The highest BCUT2D eigenvalue weighted by Gasteiger charge is 2.37. The molecule has 2 aromatic rings. The molecule has 0 aliphatic carbocycles. The van der Waals surface area contributed by atoms with Crippen molar-refractivity contribution in [3.05, 3.63) is 70.8 Å². The van der Waals surface area contributed by atoms with E-state index in [0.717, 1.165) is 21.6 Å². The Bertz CT molecular complexity index is 1250. The van der Waals surface area contributed by atoms with E-state index in [1.807, 2.05) is 50.2 Å². The predicted molar refractivity (Wildman–Crippen MR) is 160 cm³/mol. The molecule has 0 saturated heterocycles. The van der Waals surface area contributed by atoms with Gasteiger partial charge in [0.25, 0.3) is 0 Å². The summed E-state index contributed by atoms with van der Waals surface area (Å²) in [4.78, 5) is 54.5. The molecule has 0 saturated carbocycles. The van der Waals surface area contributed by atoms with Crippen LogP contribution in [-0.4, -0.2) is 70.8 Å². The molecule has 10 nitrogen and oxygen atoms in total. The van der Waals surface area contributed by atoms with Crippen molar-refractivity contribution in [2.45, 2.75) is 91.1 Å². The second-order valence-corrected chi connectivity index (χ2v) is 12.3. The van der Waals surface area contributed by atoms with Crippen molar-refractivity contribution in [2.24, 2.45) is 0 Å². The van der Waals surface area contributed by atoms with Crippen LogP contribution in [0.5, 0.6) is 0 Å². The highest BCUT2D eigenvalue weighted by Crippen LogP contribution is 2.27. The number of nitrogens with zero attached hydrogens (tertiary/aromatic N) is 1. The summed E-state index contributed by atoms with van der Waals surface area (Å²) in [7, 11) is 1.41. The maximum absolute atomic E-state index is 14.1. The number of hydrogen-bond donors (Lipinski definition) is 3. The molecule has 0 aromatic heterocycles. The van der Waals surface area contributed by atoms with Gasteiger partial charge in [0.1, 0.15) is 29.3 Å². The summed E-state index contributed by atoms with van der Waals surface area (Å²) in [6, 6.07) is 11.0. The molecule has 3 unspecified atom stereocenters. The summed E-state index contributed by atoms with van der Waals surface area (Å²) in [5.41, 5.74) is 1.38. The molecule has 3 atom stereocenters. The van der Waals surface area contributed by atoms with E-state index in [9.17, 15) is 24.3 Å². The van der Waals surface area contributed by atoms with Gasteiger partial charge in [-0.05, 0) is 77.6 Å². The maximum atomic E-state index is 14.1. The van der Waals surface area contributed by atoms with Crippen molar-refractivity contribution in [2.75, 3.05) is 13.7 Å². The Balaban J connectivity index is 2.47. The Kier molecular flexibility index (Phi) is 11.7. The van der Waals surface area contributed by atoms with Crippen LogP contribution in [0.3, 0.4) is 0 Å². The Morgan fingerprint density at radius 1 is 0.833 bits per heavy atom. The SMILES string of the molecule is Cc1cccc(C(C(=O)NC(Cc2ccccc2)C(=O)OC(C)(C)C)N(C)C(=O)C(CO)NC(=O)OC(C)(C)C)c1C. The topological polar surface area (TPSA) is 134 Å². The van der Waals surface area contributed by atoms with Gasteiger partial charge in [-0.15, -0.1) is 0 Å². The lowest BCUT2D eigenvalue weighted by atomic mass is 9.95. The number of alkyl carbamates (subject to hydrolysis) is 1. The van der Waals surface area contributed by atoms with Gasteiger partial charge in [0.15, 0.2) is 0 Å². The molecule has 10 heteroatoms. The van der Waals surface area contributed by atoms with Crippen LogP contribution < -0.4 is 10.6 Å². The minimum atomic E-state index is -1.38. The molecule has 0 aliphatic rings. The molecule has 0 spiro atoms. The lowest BCUT2D eigenvalue weighted by Crippen LogP contribution is -2.55. The van der Waals surface area contributed by atoms with Gasteiger partial charge < -0.3 is 30.1 Å². The molecule has 2 rings (SSSR count). The molecule has 2 aromatic carbocycles. The third-order valence-electron chi connectivity index (χ3n) is 6.39. The highest BCUT2D eigenvalue weighted by molar-refractivity contribution is 5.94. The number of carbonyl (C=O) groups is 4. The molecule has 0 fully saturated rings.